The van der Waals surface area contributed by atoms with Gasteiger partial charge in [0, 0.05) is 37.7 Å². The van der Waals surface area contributed by atoms with E-state index in [1.807, 2.05) is 0 Å². The lowest BCUT2D eigenvalue weighted by atomic mass is 10.1. The highest BCUT2D eigenvalue weighted by Gasteiger charge is 2.31. The van der Waals surface area contributed by atoms with Gasteiger partial charge in [0.1, 0.15) is 15.6 Å². The molecule has 0 radical (unpaired) electrons. The lowest BCUT2D eigenvalue weighted by Gasteiger charge is -2.25. The Morgan fingerprint density at radius 2 is 1.83 bits per heavy atom. The van der Waals surface area contributed by atoms with Crippen molar-refractivity contribution in [2.24, 2.45) is 0 Å². The van der Waals surface area contributed by atoms with Crippen molar-refractivity contribution in [1.82, 2.24) is 14.9 Å². The standard InChI is InChI=1S/C19H22FN3O4S3/c20-15-3-1-2-14(12-15)13-17(24)21-5-6-22-19(25)18-16(4-9-29-18)30(26,27)23-7-10-28-11-8-23/h1-4,9,12H,5-8,10-11,13H2,(H,21,24)(H,22,25). The number of carbonyl (C=O) groups excluding carboxylic acids is 2. The Kier molecular flexibility index (Phi) is 7.87. The number of hydrogen-bond acceptors (Lipinski definition) is 6. The molecule has 0 spiro atoms. The third-order valence-electron chi connectivity index (χ3n) is 4.41. The molecule has 1 saturated heterocycles. The quantitative estimate of drug-likeness (QED) is 0.572. The Bertz CT molecular complexity index is 1000. The van der Waals surface area contributed by atoms with E-state index in [9.17, 15) is 22.4 Å². The molecule has 3 rings (SSSR count). The minimum atomic E-state index is -3.71. The van der Waals surface area contributed by atoms with Crippen LogP contribution in [-0.2, 0) is 21.2 Å². The number of thioether (sulfide) groups is 1. The molecule has 2 N–H and O–H groups in total. The number of nitrogens with one attached hydrogen (secondary N) is 2. The predicted octanol–water partition coefficient (Wildman–Crippen LogP) is 1.71. The maximum Gasteiger partial charge on any atom is 0.262 e. The summed E-state index contributed by atoms with van der Waals surface area (Å²) in [6.07, 6.45) is 0.0349. The SMILES string of the molecule is O=C(Cc1cccc(F)c1)NCCNC(=O)c1sccc1S(=O)(=O)N1CCSCC1. The molecule has 2 amide bonds. The van der Waals surface area contributed by atoms with Crippen LogP contribution in [0.25, 0.3) is 0 Å². The first-order valence-corrected chi connectivity index (χ1v) is 12.8. The van der Waals surface area contributed by atoms with Gasteiger partial charge in [-0.3, -0.25) is 9.59 Å². The highest BCUT2D eigenvalue weighted by Crippen LogP contribution is 2.27. The van der Waals surface area contributed by atoms with Gasteiger partial charge in [-0.05, 0) is 29.1 Å². The summed E-state index contributed by atoms with van der Waals surface area (Å²) >= 11 is 2.77. The zero-order valence-corrected chi connectivity index (χ0v) is 18.5. The number of sulfonamides is 1. The maximum absolute atomic E-state index is 13.2. The maximum atomic E-state index is 13.2. The molecule has 0 unspecified atom stereocenters. The highest BCUT2D eigenvalue weighted by molar-refractivity contribution is 7.99. The van der Waals surface area contributed by atoms with Gasteiger partial charge in [0.2, 0.25) is 15.9 Å². The van der Waals surface area contributed by atoms with Crippen LogP contribution in [0.2, 0.25) is 0 Å². The van der Waals surface area contributed by atoms with Crippen LogP contribution in [0, 0.1) is 5.82 Å². The lowest BCUT2D eigenvalue weighted by Crippen LogP contribution is -2.39. The van der Waals surface area contributed by atoms with Gasteiger partial charge in [-0.2, -0.15) is 16.1 Å². The number of hydrogen-bond donors (Lipinski definition) is 2. The molecule has 11 heteroatoms. The molecule has 0 saturated carbocycles. The van der Waals surface area contributed by atoms with Gasteiger partial charge in [0.15, 0.2) is 0 Å². The Morgan fingerprint density at radius 3 is 2.57 bits per heavy atom. The summed E-state index contributed by atoms with van der Waals surface area (Å²) in [5.74, 6) is 0.282. The van der Waals surface area contributed by atoms with Crippen molar-refractivity contribution >= 4 is 44.9 Å². The summed E-state index contributed by atoms with van der Waals surface area (Å²) in [5, 5.41) is 6.87. The number of thiophene rings is 1. The van der Waals surface area contributed by atoms with Crippen molar-refractivity contribution in [3.8, 4) is 0 Å². The van der Waals surface area contributed by atoms with E-state index in [2.05, 4.69) is 10.6 Å². The summed E-state index contributed by atoms with van der Waals surface area (Å²) in [6.45, 7) is 1.19. The third-order valence-corrected chi connectivity index (χ3v) is 8.34. The molecule has 162 valence electrons. The summed E-state index contributed by atoms with van der Waals surface area (Å²) in [5.41, 5.74) is 0.557. The van der Waals surface area contributed by atoms with E-state index in [1.165, 1.54) is 28.6 Å². The van der Waals surface area contributed by atoms with Gasteiger partial charge < -0.3 is 10.6 Å². The summed E-state index contributed by atoms with van der Waals surface area (Å²) in [7, 11) is -3.71. The zero-order chi connectivity index (χ0) is 21.6. The van der Waals surface area contributed by atoms with Crippen LogP contribution in [0.1, 0.15) is 15.2 Å². The molecule has 1 aromatic heterocycles. The van der Waals surface area contributed by atoms with Crippen LogP contribution >= 0.6 is 23.1 Å². The van der Waals surface area contributed by atoms with E-state index in [0.717, 1.165) is 22.8 Å². The largest absolute Gasteiger partial charge is 0.354 e. The first-order chi connectivity index (χ1) is 14.4. The van der Waals surface area contributed by atoms with Crippen LogP contribution in [-0.4, -0.2) is 62.2 Å². The van der Waals surface area contributed by atoms with Gasteiger partial charge in [0.05, 0.1) is 6.42 Å². The molecular formula is C19H22FN3O4S3. The van der Waals surface area contributed by atoms with E-state index in [0.29, 0.717) is 18.7 Å². The molecule has 1 aliphatic heterocycles. The molecular weight excluding hydrogens is 449 g/mol. The van der Waals surface area contributed by atoms with E-state index < -0.39 is 21.7 Å². The Labute approximate surface area is 183 Å². The highest BCUT2D eigenvalue weighted by atomic mass is 32.2. The lowest BCUT2D eigenvalue weighted by molar-refractivity contribution is -0.120. The van der Waals surface area contributed by atoms with E-state index >= 15 is 0 Å². The number of benzene rings is 1. The Morgan fingerprint density at radius 1 is 1.10 bits per heavy atom. The molecule has 0 bridgehead atoms. The fourth-order valence-corrected chi connectivity index (χ4v) is 6.84. The average Bonchev–Trinajstić information content (AvgIpc) is 3.23. The van der Waals surface area contributed by atoms with Crippen LogP contribution in [0.3, 0.4) is 0 Å². The van der Waals surface area contributed by atoms with E-state index in [4.69, 9.17) is 0 Å². The third kappa shape index (κ3) is 5.81. The molecule has 7 nitrogen and oxygen atoms in total. The topological polar surface area (TPSA) is 95.6 Å². The summed E-state index contributed by atoms with van der Waals surface area (Å²) < 4.78 is 40.3. The minimum absolute atomic E-state index is 0.0204. The van der Waals surface area contributed by atoms with Crippen molar-refractivity contribution in [2.75, 3.05) is 37.7 Å². The van der Waals surface area contributed by atoms with E-state index in [-0.39, 0.29) is 35.2 Å². The van der Waals surface area contributed by atoms with Crippen LogP contribution < -0.4 is 10.6 Å². The average molecular weight is 472 g/mol. The summed E-state index contributed by atoms with van der Waals surface area (Å²) in [6, 6.07) is 7.25. The van der Waals surface area contributed by atoms with Crippen LogP contribution in [0.5, 0.6) is 0 Å². The van der Waals surface area contributed by atoms with E-state index in [1.54, 1.807) is 23.2 Å². The van der Waals surface area contributed by atoms with Crippen molar-refractivity contribution < 1.29 is 22.4 Å². The smallest absolute Gasteiger partial charge is 0.262 e. The van der Waals surface area contributed by atoms with Gasteiger partial charge >= 0.3 is 0 Å². The normalized spacial score (nSPS) is 15.0. The van der Waals surface area contributed by atoms with Crippen molar-refractivity contribution in [1.29, 1.82) is 0 Å². The molecule has 1 aliphatic rings. The van der Waals surface area contributed by atoms with Gasteiger partial charge in [0.25, 0.3) is 5.91 Å². The first-order valence-electron chi connectivity index (χ1n) is 9.32. The number of rotatable bonds is 8. The predicted molar refractivity (Wildman–Crippen MR) is 116 cm³/mol. The minimum Gasteiger partial charge on any atom is -0.354 e. The molecule has 1 aromatic carbocycles. The first kappa shape index (κ1) is 22.7. The van der Waals surface area contributed by atoms with Crippen molar-refractivity contribution in [2.45, 2.75) is 11.3 Å². The zero-order valence-electron chi connectivity index (χ0n) is 16.1. The molecule has 0 atom stereocenters. The molecule has 2 aromatic rings. The van der Waals surface area contributed by atoms with Gasteiger partial charge in [-0.15, -0.1) is 11.3 Å². The molecule has 0 aliphatic carbocycles. The molecule has 2 heterocycles. The monoisotopic (exact) mass is 471 g/mol. The molecule has 30 heavy (non-hydrogen) atoms. The van der Waals surface area contributed by atoms with Crippen LogP contribution in [0.4, 0.5) is 4.39 Å². The number of amides is 2. The number of halogens is 1. The second kappa shape index (κ2) is 10.4. The Balaban J connectivity index is 1.50. The molecule has 1 fully saturated rings. The fourth-order valence-electron chi connectivity index (χ4n) is 2.95. The number of carbonyl (C=O) groups is 2. The second-order valence-electron chi connectivity index (χ2n) is 6.54. The van der Waals surface area contributed by atoms with Gasteiger partial charge in [-0.25, -0.2) is 12.8 Å². The van der Waals surface area contributed by atoms with Gasteiger partial charge in [-0.1, -0.05) is 12.1 Å². The summed E-state index contributed by atoms with van der Waals surface area (Å²) in [4.78, 5) is 24.6. The number of nitrogens with zero attached hydrogens (tertiary/aromatic N) is 1. The second-order valence-corrected chi connectivity index (χ2v) is 10.6. The van der Waals surface area contributed by atoms with Crippen molar-refractivity contribution in [3.63, 3.8) is 0 Å². The van der Waals surface area contributed by atoms with Crippen LogP contribution in [0.15, 0.2) is 40.6 Å². The fraction of sp³-hybridized carbons (Fsp3) is 0.368. The van der Waals surface area contributed by atoms with Crippen molar-refractivity contribution in [3.05, 3.63) is 52.0 Å². The Hall–Kier alpha value is -1.95.